The fourth-order valence-corrected chi connectivity index (χ4v) is 5.32. The van der Waals surface area contributed by atoms with Crippen molar-refractivity contribution in [1.29, 1.82) is 0 Å². The molecule has 0 unspecified atom stereocenters. The first-order valence-electron chi connectivity index (χ1n) is 15.1. The zero-order chi connectivity index (χ0) is 31.7. The minimum Gasteiger partial charge on any atom is -0.457 e. The number of hydrogen-bond acceptors (Lipinski definition) is 5. The molecule has 3 aromatic carbocycles. The van der Waals surface area contributed by atoms with Crippen LogP contribution >= 0.6 is 0 Å². The van der Waals surface area contributed by atoms with Gasteiger partial charge in [0.1, 0.15) is 29.1 Å². The number of benzene rings is 3. The summed E-state index contributed by atoms with van der Waals surface area (Å²) in [5.74, 6) is -0.265. The van der Waals surface area contributed by atoms with Crippen LogP contribution in [0.1, 0.15) is 45.2 Å². The summed E-state index contributed by atoms with van der Waals surface area (Å²) in [5, 5.41) is 11.4. The minimum atomic E-state index is -0.987. The second-order valence-corrected chi connectivity index (χ2v) is 12.1. The smallest absolute Gasteiger partial charge is 0.247 e. The lowest BCUT2D eigenvalue weighted by atomic mass is 9.82. The van der Waals surface area contributed by atoms with Gasteiger partial charge in [-0.2, -0.15) is 0 Å². The van der Waals surface area contributed by atoms with Crippen LogP contribution in [0.2, 0.25) is 0 Å². The summed E-state index contributed by atoms with van der Waals surface area (Å²) in [7, 11) is 0. The Balaban J connectivity index is 1.46. The first kappa shape index (κ1) is 32.3. The third-order valence-electron chi connectivity index (χ3n) is 7.53. The molecular weight excluding hydrogens is 556 g/mol. The lowest BCUT2D eigenvalue weighted by Crippen LogP contribution is -2.75. The molecule has 0 aromatic heterocycles. The van der Waals surface area contributed by atoms with E-state index in [4.69, 9.17) is 4.74 Å². The first-order valence-corrected chi connectivity index (χ1v) is 15.1. The Morgan fingerprint density at radius 2 is 1.45 bits per heavy atom. The van der Waals surface area contributed by atoms with Crippen LogP contribution in [0.5, 0.6) is 11.5 Å². The fourth-order valence-electron chi connectivity index (χ4n) is 5.32. The summed E-state index contributed by atoms with van der Waals surface area (Å²) >= 11 is 0. The predicted octanol–water partition coefficient (Wildman–Crippen LogP) is 3.92. The molecule has 0 radical (unpaired) electrons. The summed E-state index contributed by atoms with van der Waals surface area (Å²) in [6, 6.07) is 24.2. The van der Waals surface area contributed by atoms with Gasteiger partial charge in [-0.3, -0.25) is 19.2 Å². The average molecular weight is 599 g/mol. The molecule has 232 valence electrons. The quantitative estimate of drug-likeness (QED) is 0.209. The number of amides is 4. The second-order valence-electron chi connectivity index (χ2n) is 12.1. The molecule has 44 heavy (non-hydrogen) atoms. The molecule has 3 aromatic rings. The lowest BCUT2D eigenvalue weighted by Gasteiger charge is -2.43. The Morgan fingerprint density at radius 1 is 0.818 bits per heavy atom. The number of β-lactam (4-membered cyclic amide) rings is 1. The molecular formula is C35H42N4O5. The molecule has 0 saturated carbocycles. The maximum absolute atomic E-state index is 13.7. The molecule has 1 heterocycles. The van der Waals surface area contributed by atoms with Crippen molar-refractivity contribution in [2.45, 2.75) is 64.6 Å². The molecule has 0 spiro atoms. The normalized spacial score (nSPS) is 17.2. The maximum Gasteiger partial charge on any atom is 0.247 e. The van der Waals surface area contributed by atoms with Gasteiger partial charge in [0.2, 0.25) is 23.6 Å². The number of para-hydroxylation sites is 1. The Hall–Kier alpha value is -4.66. The van der Waals surface area contributed by atoms with Crippen molar-refractivity contribution in [2.24, 2.45) is 11.8 Å². The molecule has 0 aliphatic carbocycles. The second kappa shape index (κ2) is 14.7. The third kappa shape index (κ3) is 8.69. The van der Waals surface area contributed by atoms with Gasteiger partial charge in [0.15, 0.2) is 0 Å². The first-order chi connectivity index (χ1) is 21.0. The van der Waals surface area contributed by atoms with Crippen molar-refractivity contribution >= 4 is 23.6 Å². The standard InChI is InChI=1S/C35H42N4O5/c1-23(2)21-35(22-36-34(35)43)39-33(42)31(24(3)4)38-32(41)29(19-25-12-7-5-8-13-25)37-30(40)20-26-14-11-17-28(18-26)44-27-15-9-6-10-16-27/h5-18,23-24,29,31H,19-22H2,1-4H3,(H,36,43)(H,37,40)(H,38,41)(H,39,42)/t29-,31-,35+/m0/s1. The highest BCUT2D eigenvalue weighted by molar-refractivity contribution is 5.99. The molecule has 1 aliphatic heterocycles. The number of carbonyl (C=O) groups excluding carboxylic acids is 4. The number of hydrogen-bond donors (Lipinski definition) is 4. The van der Waals surface area contributed by atoms with Gasteiger partial charge >= 0.3 is 0 Å². The third-order valence-corrected chi connectivity index (χ3v) is 7.53. The van der Waals surface area contributed by atoms with Gasteiger partial charge in [0.25, 0.3) is 0 Å². The van der Waals surface area contributed by atoms with Crippen LogP contribution < -0.4 is 26.0 Å². The van der Waals surface area contributed by atoms with Gasteiger partial charge in [-0.15, -0.1) is 0 Å². The van der Waals surface area contributed by atoms with Crippen molar-refractivity contribution in [2.75, 3.05) is 6.54 Å². The highest BCUT2D eigenvalue weighted by atomic mass is 16.5. The van der Waals surface area contributed by atoms with Crippen LogP contribution in [0.4, 0.5) is 0 Å². The molecule has 9 heteroatoms. The van der Waals surface area contributed by atoms with Gasteiger partial charge in [-0.1, -0.05) is 88.4 Å². The highest BCUT2D eigenvalue weighted by Crippen LogP contribution is 2.24. The van der Waals surface area contributed by atoms with Crippen molar-refractivity contribution < 1.29 is 23.9 Å². The number of nitrogens with one attached hydrogen (secondary N) is 4. The molecule has 4 rings (SSSR count). The zero-order valence-electron chi connectivity index (χ0n) is 25.8. The monoisotopic (exact) mass is 598 g/mol. The Bertz CT molecular complexity index is 1440. The van der Waals surface area contributed by atoms with Crippen molar-refractivity contribution in [3.05, 3.63) is 96.1 Å². The van der Waals surface area contributed by atoms with Gasteiger partial charge in [-0.05, 0) is 53.6 Å². The van der Waals surface area contributed by atoms with E-state index >= 15 is 0 Å². The van der Waals surface area contributed by atoms with E-state index in [0.717, 1.165) is 11.1 Å². The molecule has 0 bridgehead atoms. The summed E-state index contributed by atoms with van der Waals surface area (Å²) < 4.78 is 5.90. The van der Waals surface area contributed by atoms with Crippen LogP contribution in [-0.2, 0) is 32.0 Å². The zero-order valence-corrected chi connectivity index (χ0v) is 25.8. The summed E-state index contributed by atoms with van der Waals surface area (Å²) in [6.07, 6.45) is 0.765. The molecule has 1 aliphatic rings. The molecule has 4 N–H and O–H groups in total. The van der Waals surface area contributed by atoms with Crippen LogP contribution in [-0.4, -0.2) is 47.8 Å². The summed E-state index contributed by atoms with van der Waals surface area (Å²) in [6.45, 7) is 7.99. The van der Waals surface area contributed by atoms with Crippen molar-refractivity contribution in [3.63, 3.8) is 0 Å². The Kier molecular flexibility index (Phi) is 10.8. The minimum absolute atomic E-state index is 0.0332. The van der Waals surface area contributed by atoms with Crippen molar-refractivity contribution in [1.82, 2.24) is 21.3 Å². The van der Waals surface area contributed by atoms with Crippen LogP contribution in [0, 0.1) is 11.8 Å². The van der Waals surface area contributed by atoms with E-state index in [-0.39, 0.29) is 36.5 Å². The lowest BCUT2D eigenvalue weighted by molar-refractivity contribution is -0.142. The highest BCUT2D eigenvalue weighted by Gasteiger charge is 2.48. The van der Waals surface area contributed by atoms with E-state index in [0.29, 0.717) is 24.5 Å². The largest absolute Gasteiger partial charge is 0.457 e. The Labute approximate surface area is 259 Å². The number of carbonyl (C=O) groups is 4. The molecule has 9 nitrogen and oxygen atoms in total. The van der Waals surface area contributed by atoms with Gasteiger partial charge in [0.05, 0.1) is 6.42 Å². The van der Waals surface area contributed by atoms with E-state index in [1.54, 1.807) is 6.07 Å². The van der Waals surface area contributed by atoms with Gasteiger partial charge < -0.3 is 26.0 Å². The van der Waals surface area contributed by atoms with Crippen LogP contribution in [0.15, 0.2) is 84.9 Å². The van der Waals surface area contributed by atoms with E-state index in [9.17, 15) is 19.2 Å². The summed E-state index contributed by atoms with van der Waals surface area (Å²) in [5.41, 5.74) is 0.599. The Morgan fingerprint density at radius 3 is 2.05 bits per heavy atom. The van der Waals surface area contributed by atoms with E-state index in [2.05, 4.69) is 21.3 Å². The average Bonchev–Trinajstić information content (AvgIpc) is 2.99. The topological polar surface area (TPSA) is 126 Å². The number of rotatable bonds is 14. The van der Waals surface area contributed by atoms with E-state index in [1.165, 1.54) is 0 Å². The molecule has 1 fully saturated rings. The van der Waals surface area contributed by atoms with Crippen molar-refractivity contribution in [3.8, 4) is 11.5 Å². The van der Waals surface area contributed by atoms with Gasteiger partial charge in [0, 0.05) is 13.0 Å². The molecule has 4 amide bonds. The SMILES string of the molecule is CC(C)C[C@@]1(NC(=O)[C@@H](NC(=O)[C@H](Cc2ccccc2)NC(=O)Cc2cccc(Oc3ccccc3)c2)C(C)C)CNC1=O. The van der Waals surface area contributed by atoms with Crippen LogP contribution in [0.3, 0.4) is 0 Å². The number of ether oxygens (including phenoxy) is 1. The van der Waals surface area contributed by atoms with E-state index < -0.39 is 29.4 Å². The summed E-state index contributed by atoms with van der Waals surface area (Å²) in [4.78, 5) is 52.9. The molecule has 3 atom stereocenters. The maximum atomic E-state index is 13.7. The van der Waals surface area contributed by atoms with Gasteiger partial charge in [-0.25, -0.2) is 0 Å². The fraction of sp³-hybridized carbons (Fsp3) is 0.371. The van der Waals surface area contributed by atoms with E-state index in [1.807, 2.05) is 107 Å². The van der Waals surface area contributed by atoms with Crippen LogP contribution in [0.25, 0.3) is 0 Å². The predicted molar refractivity (Wildman–Crippen MR) is 169 cm³/mol. The molecule has 1 saturated heterocycles.